The molecule has 3 nitrogen and oxygen atoms in total. The maximum absolute atomic E-state index is 11.1. The van der Waals surface area contributed by atoms with Gasteiger partial charge < -0.3 is 5.21 Å². The molecule has 0 saturated heterocycles. The van der Waals surface area contributed by atoms with Gasteiger partial charge in [0, 0.05) is 12.1 Å². The van der Waals surface area contributed by atoms with Gasteiger partial charge in [0.25, 0.3) is 5.69 Å². The SMILES string of the molecule is N#Cc1cc(-c2ccccc2)cc[n+]1[O-]. The van der Waals surface area contributed by atoms with Crippen LogP contribution in [0.25, 0.3) is 11.1 Å². The molecule has 0 aliphatic heterocycles. The number of nitrogens with zero attached hydrogens (tertiary/aromatic N) is 2. The molecule has 0 saturated carbocycles. The van der Waals surface area contributed by atoms with E-state index in [0.717, 1.165) is 11.1 Å². The fourth-order valence-electron chi connectivity index (χ4n) is 1.38. The van der Waals surface area contributed by atoms with Crippen molar-refractivity contribution < 1.29 is 4.73 Å². The first-order chi connectivity index (χ1) is 7.31. The van der Waals surface area contributed by atoms with Gasteiger partial charge in [0.1, 0.15) is 0 Å². The van der Waals surface area contributed by atoms with Gasteiger partial charge in [-0.1, -0.05) is 30.3 Å². The number of aromatic nitrogens is 1. The van der Waals surface area contributed by atoms with Crippen LogP contribution in [0.2, 0.25) is 0 Å². The first kappa shape index (κ1) is 9.22. The lowest BCUT2D eigenvalue weighted by Crippen LogP contribution is -2.29. The molecule has 0 spiro atoms. The van der Waals surface area contributed by atoms with Crippen molar-refractivity contribution in [2.75, 3.05) is 0 Å². The predicted octanol–water partition coefficient (Wildman–Crippen LogP) is 1.86. The highest BCUT2D eigenvalue weighted by atomic mass is 16.5. The summed E-state index contributed by atoms with van der Waals surface area (Å²) in [6, 6.07) is 14.8. The van der Waals surface area contributed by atoms with Crippen LogP contribution in [0.1, 0.15) is 5.69 Å². The van der Waals surface area contributed by atoms with Crippen molar-refractivity contribution >= 4 is 0 Å². The van der Waals surface area contributed by atoms with Crippen molar-refractivity contribution in [3.63, 3.8) is 0 Å². The van der Waals surface area contributed by atoms with Gasteiger partial charge in [-0.25, -0.2) is 0 Å². The zero-order valence-corrected chi connectivity index (χ0v) is 7.92. The van der Waals surface area contributed by atoms with Crippen LogP contribution in [0.5, 0.6) is 0 Å². The molecule has 72 valence electrons. The van der Waals surface area contributed by atoms with Crippen LogP contribution in [-0.4, -0.2) is 0 Å². The zero-order valence-electron chi connectivity index (χ0n) is 7.92. The van der Waals surface area contributed by atoms with E-state index < -0.39 is 0 Å². The van der Waals surface area contributed by atoms with Crippen LogP contribution in [0.3, 0.4) is 0 Å². The summed E-state index contributed by atoms with van der Waals surface area (Å²) in [7, 11) is 0. The predicted molar refractivity (Wildman–Crippen MR) is 55.6 cm³/mol. The van der Waals surface area contributed by atoms with E-state index in [4.69, 9.17) is 5.26 Å². The molecule has 1 aromatic carbocycles. The van der Waals surface area contributed by atoms with E-state index in [1.807, 2.05) is 36.4 Å². The van der Waals surface area contributed by atoms with Crippen molar-refractivity contribution in [1.82, 2.24) is 0 Å². The molecule has 0 radical (unpaired) electrons. The number of hydrogen-bond donors (Lipinski definition) is 0. The van der Waals surface area contributed by atoms with Gasteiger partial charge >= 0.3 is 0 Å². The molecule has 0 aliphatic carbocycles. The molecule has 15 heavy (non-hydrogen) atoms. The van der Waals surface area contributed by atoms with Crippen LogP contribution >= 0.6 is 0 Å². The van der Waals surface area contributed by atoms with Crippen molar-refractivity contribution in [3.8, 4) is 17.2 Å². The lowest BCUT2D eigenvalue weighted by atomic mass is 10.1. The van der Waals surface area contributed by atoms with Crippen molar-refractivity contribution in [1.29, 1.82) is 5.26 Å². The number of pyridine rings is 1. The molecular weight excluding hydrogens is 188 g/mol. The number of nitriles is 1. The Morgan fingerprint density at radius 2 is 1.80 bits per heavy atom. The van der Waals surface area contributed by atoms with E-state index in [1.54, 1.807) is 12.1 Å². The smallest absolute Gasteiger partial charge is 0.295 e. The zero-order chi connectivity index (χ0) is 10.7. The fourth-order valence-corrected chi connectivity index (χ4v) is 1.38. The highest BCUT2D eigenvalue weighted by Crippen LogP contribution is 2.17. The summed E-state index contributed by atoms with van der Waals surface area (Å²) in [5, 5.41) is 19.8. The van der Waals surface area contributed by atoms with Gasteiger partial charge in [-0.3, -0.25) is 0 Å². The second-order valence-electron chi connectivity index (χ2n) is 3.10. The van der Waals surface area contributed by atoms with Gasteiger partial charge in [0.05, 0.1) is 0 Å². The first-order valence-electron chi connectivity index (χ1n) is 4.50. The first-order valence-corrected chi connectivity index (χ1v) is 4.50. The molecule has 0 fully saturated rings. The Hall–Kier alpha value is -2.34. The van der Waals surface area contributed by atoms with E-state index in [1.165, 1.54) is 6.20 Å². The average Bonchev–Trinajstić information content (AvgIpc) is 2.31. The van der Waals surface area contributed by atoms with E-state index in [-0.39, 0.29) is 5.69 Å². The quantitative estimate of drug-likeness (QED) is 0.516. The maximum Gasteiger partial charge on any atom is 0.295 e. The molecule has 0 unspecified atom stereocenters. The average molecular weight is 196 g/mol. The van der Waals surface area contributed by atoms with Gasteiger partial charge in [0.2, 0.25) is 0 Å². The summed E-state index contributed by atoms with van der Waals surface area (Å²) in [6.07, 6.45) is 1.35. The standard InChI is InChI=1S/C12H8N2O/c13-9-12-8-11(6-7-14(12)15)10-4-2-1-3-5-10/h1-8H. The summed E-state index contributed by atoms with van der Waals surface area (Å²) in [4.78, 5) is 0. The summed E-state index contributed by atoms with van der Waals surface area (Å²) in [5.74, 6) is 0. The molecule has 1 heterocycles. The van der Waals surface area contributed by atoms with E-state index in [2.05, 4.69) is 0 Å². The molecule has 1 aromatic heterocycles. The third kappa shape index (κ3) is 1.79. The second-order valence-corrected chi connectivity index (χ2v) is 3.10. The van der Waals surface area contributed by atoms with Gasteiger partial charge in [-0.15, -0.1) is 0 Å². The summed E-state index contributed by atoms with van der Waals surface area (Å²) < 4.78 is 0.562. The Morgan fingerprint density at radius 1 is 1.07 bits per heavy atom. The molecule has 0 atom stereocenters. The summed E-state index contributed by atoms with van der Waals surface area (Å²) in [6.45, 7) is 0. The highest BCUT2D eigenvalue weighted by Gasteiger charge is 2.06. The minimum Gasteiger partial charge on any atom is -0.618 e. The maximum atomic E-state index is 11.1. The van der Waals surface area contributed by atoms with Gasteiger partial charge in [-0.2, -0.15) is 9.99 Å². The van der Waals surface area contributed by atoms with E-state index in [9.17, 15) is 5.21 Å². The second kappa shape index (κ2) is 3.81. The largest absolute Gasteiger partial charge is 0.618 e. The third-order valence-corrected chi connectivity index (χ3v) is 2.14. The number of rotatable bonds is 1. The number of benzene rings is 1. The third-order valence-electron chi connectivity index (χ3n) is 2.14. The van der Waals surface area contributed by atoms with Crippen LogP contribution in [0.4, 0.5) is 0 Å². The van der Waals surface area contributed by atoms with Gasteiger partial charge in [-0.05, 0) is 11.1 Å². The Kier molecular flexibility index (Phi) is 2.34. The molecule has 3 heteroatoms. The number of hydrogen-bond acceptors (Lipinski definition) is 2. The topological polar surface area (TPSA) is 50.7 Å². The van der Waals surface area contributed by atoms with Crippen LogP contribution in [0, 0.1) is 16.5 Å². The fraction of sp³-hybridized carbons (Fsp3) is 0. The van der Waals surface area contributed by atoms with Crippen LogP contribution < -0.4 is 4.73 Å². The summed E-state index contributed by atoms with van der Waals surface area (Å²) >= 11 is 0. The molecule has 2 aromatic rings. The minimum absolute atomic E-state index is 0.108. The van der Waals surface area contributed by atoms with Gasteiger partial charge in [0.15, 0.2) is 12.3 Å². The molecule has 2 rings (SSSR count). The van der Waals surface area contributed by atoms with Crippen molar-refractivity contribution in [3.05, 3.63) is 59.6 Å². The highest BCUT2D eigenvalue weighted by molar-refractivity contribution is 5.63. The normalized spacial score (nSPS) is 9.53. The summed E-state index contributed by atoms with van der Waals surface area (Å²) in [5.41, 5.74) is 1.98. The van der Waals surface area contributed by atoms with Crippen molar-refractivity contribution in [2.24, 2.45) is 0 Å². The Morgan fingerprint density at radius 3 is 2.47 bits per heavy atom. The lowest BCUT2D eigenvalue weighted by molar-refractivity contribution is -0.608. The van der Waals surface area contributed by atoms with Crippen LogP contribution in [-0.2, 0) is 0 Å². The monoisotopic (exact) mass is 196 g/mol. The Bertz CT molecular complexity index is 515. The molecule has 0 bridgehead atoms. The minimum atomic E-state index is 0.108. The molecule has 0 aliphatic rings. The molecular formula is C12H8N2O. The Balaban J connectivity index is 2.52. The van der Waals surface area contributed by atoms with E-state index >= 15 is 0 Å². The lowest BCUT2D eigenvalue weighted by Gasteiger charge is -2.02. The molecule has 0 amide bonds. The van der Waals surface area contributed by atoms with Crippen molar-refractivity contribution in [2.45, 2.75) is 0 Å². The molecule has 0 N–H and O–H groups in total. The Labute approximate surface area is 87.4 Å². The van der Waals surface area contributed by atoms with Crippen LogP contribution in [0.15, 0.2) is 48.7 Å². The van der Waals surface area contributed by atoms with E-state index in [0.29, 0.717) is 4.73 Å².